The number of carbonyl (C=O) groups excluding carboxylic acids is 1. The fraction of sp³-hybridized carbons (Fsp3) is 0.536. The number of Topliss-reactive ketones (excluding diaryl/α,β-unsaturated/α-hetero) is 1. The summed E-state index contributed by atoms with van der Waals surface area (Å²) >= 11 is 0. The number of fused-ring (bicyclic) bond motifs is 4. The topological polar surface area (TPSA) is 57.2 Å². The van der Waals surface area contributed by atoms with Crippen LogP contribution in [0.4, 0.5) is 0 Å². The summed E-state index contributed by atoms with van der Waals surface area (Å²) in [6.45, 7) is 8.38. The number of nitrogens with zero attached hydrogens (tertiary/aromatic N) is 1. The zero-order chi connectivity index (χ0) is 24.8. The molecule has 1 aromatic rings. The Balaban J connectivity index is 1.60. The van der Waals surface area contributed by atoms with Crippen molar-refractivity contribution in [1.82, 2.24) is 4.90 Å². The lowest BCUT2D eigenvalue weighted by atomic mass is 9.53. The number of hydrogen-bond donors (Lipinski definition) is 0. The molecule has 1 aromatic carbocycles. The van der Waals surface area contributed by atoms with Gasteiger partial charge in [0.2, 0.25) is 18.3 Å². The first-order valence-corrected chi connectivity index (χ1v) is 16.0. The van der Waals surface area contributed by atoms with Gasteiger partial charge in [0.05, 0.1) is 14.2 Å². The van der Waals surface area contributed by atoms with Gasteiger partial charge in [-0.2, -0.15) is 0 Å². The summed E-state index contributed by atoms with van der Waals surface area (Å²) in [5.74, 6) is 9.94. The number of methoxy groups -OCH3 is 2. The van der Waals surface area contributed by atoms with Crippen molar-refractivity contribution in [3.05, 3.63) is 47.4 Å². The minimum Gasteiger partial charge on any atom is -0.494 e. The molecule has 7 heteroatoms. The maximum atomic E-state index is 14.1. The maximum Gasteiger partial charge on any atom is 0.231 e. The number of ketones is 1. The molecule has 2 heterocycles. The van der Waals surface area contributed by atoms with Crippen LogP contribution in [-0.2, 0) is 14.3 Å². The lowest BCUT2D eigenvalue weighted by Crippen LogP contribution is -2.63. The summed E-state index contributed by atoms with van der Waals surface area (Å²) < 4.78 is 22.9. The number of carbonyl (C=O) groups is 1. The predicted molar refractivity (Wildman–Crippen MR) is 135 cm³/mol. The quantitative estimate of drug-likeness (QED) is 0.361. The minimum absolute atomic E-state index is 0.0836. The molecular weight excluding hydrogens is 458 g/mol. The Hall–Kier alpha value is -2.69. The molecule has 6 nitrogen and oxygen atoms in total. The molecule has 0 N–H and O–H groups in total. The summed E-state index contributed by atoms with van der Waals surface area (Å²) in [5.41, 5.74) is 0.232. The number of likely N-dealkylation sites (N-methyl/N-ethyl adjacent to an activating group) is 1. The van der Waals surface area contributed by atoms with Crippen LogP contribution >= 0.6 is 0 Å². The summed E-state index contributed by atoms with van der Waals surface area (Å²) in [6.07, 6.45) is 5.63. The molecule has 1 saturated carbocycles. The van der Waals surface area contributed by atoms with Crippen LogP contribution in [0.25, 0.3) is 0 Å². The van der Waals surface area contributed by atoms with Gasteiger partial charge >= 0.3 is 0 Å². The number of allylic oxidation sites excluding steroid dienone is 3. The SMILES string of the molecule is COC1=C(OC)[C@@]2(C#Cc3ccc4c(c3)OCO4)N(C)CC[C@]23[C@@H]2C=C[C@@H]([C@H]2[Si](C)(C)C)[C@@H]3C1=O. The van der Waals surface area contributed by atoms with E-state index >= 15 is 0 Å². The Morgan fingerprint density at radius 2 is 1.89 bits per heavy atom. The largest absolute Gasteiger partial charge is 0.494 e. The first kappa shape index (κ1) is 22.8. The molecule has 6 rings (SSSR count). The van der Waals surface area contributed by atoms with Crippen LogP contribution in [0.1, 0.15) is 12.0 Å². The molecule has 0 unspecified atom stereocenters. The molecular formula is C28H33NO5Si. The number of hydrogen-bond acceptors (Lipinski definition) is 6. The number of rotatable bonds is 3. The fourth-order valence-electron chi connectivity index (χ4n) is 8.10. The van der Waals surface area contributed by atoms with Gasteiger partial charge in [-0.15, -0.1) is 0 Å². The van der Waals surface area contributed by atoms with E-state index in [2.05, 4.69) is 55.6 Å². The van der Waals surface area contributed by atoms with Crippen LogP contribution in [0.5, 0.6) is 11.5 Å². The van der Waals surface area contributed by atoms with Gasteiger partial charge in [-0.05, 0) is 49.0 Å². The van der Waals surface area contributed by atoms with E-state index in [1.54, 1.807) is 14.2 Å². The molecule has 1 spiro atoms. The molecule has 3 aliphatic carbocycles. The molecule has 5 aliphatic rings. The normalized spacial score (nSPS) is 36.7. The van der Waals surface area contributed by atoms with Crippen molar-refractivity contribution >= 4 is 13.9 Å². The van der Waals surface area contributed by atoms with E-state index in [0.717, 1.165) is 24.3 Å². The number of benzene rings is 1. The van der Waals surface area contributed by atoms with Gasteiger partial charge < -0.3 is 18.9 Å². The van der Waals surface area contributed by atoms with Crippen molar-refractivity contribution < 1.29 is 23.7 Å². The highest BCUT2D eigenvalue weighted by molar-refractivity contribution is 6.78. The van der Waals surface area contributed by atoms with E-state index in [-0.39, 0.29) is 35.7 Å². The summed E-state index contributed by atoms with van der Waals surface area (Å²) in [5, 5.41) is 0. The average Bonchev–Trinajstić information content (AvgIpc) is 3.58. The molecule has 0 radical (unpaired) electrons. The molecule has 6 atom stereocenters. The van der Waals surface area contributed by atoms with Gasteiger partial charge in [0.25, 0.3) is 0 Å². The Morgan fingerprint density at radius 1 is 1.11 bits per heavy atom. The van der Waals surface area contributed by atoms with Gasteiger partial charge in [-0.3, -0.25) is 9.69 Å². The van der Waals surface area contributed by atoms with E-state index < -0.39 is 13.6 Å². The molecule has 0 aromatic heterocycles. The lowest BCUT2D eigenvalue weighted by Gasteiger charge is -2.53. The molecule has 2 bridgehead atoms. The number of likely N-dealkylation sites (tertiary alicyclic amines) is 1. The minimum atomic E-state index is -1.60. The monoisotopic (exact) mass is 491 g/mol. The maximum absolute atomic E-state index is 14.1. The second-order valence-electron chi connectivity index (χ2n) is 11.5. The van der Waals surface area contributed by atoms with E-state index in [1.165, 1.54) is 0 Å². The van der Waals surface area contributed by atoms with Crippen LogP contribution in [-0.4, -0.2) is 58.9 Å². The van der Waals surface area contributed by atoms with Crippen molar-refractivity contribution in [3.8, 4) is 23.3 Å². The molecule has 0 amide bonds. The number of ether oxygens (including phenoxy) is 4. The van der Waals surface area contributed by atoms with Gasteiger partial charge in [0, 0.05) is 31.5 Å². The third kappa shape index (κ3) is 2.67. The molecule has 2 aliphatic heterocycles. The van der Waals surface area contributed by atoms with Gasteiger partial charge in [0.1, 0.15) is 0 Å². The molecule has 1 saturated heterocycles. The second-order valence-corrected chi connectivity index (χ2v) is 16.9. The Bertz CT molecular complexity index is 1240. The van der Waals surface area contributed by atoms with Crippen LogP contribution in [0.2, 0.25) is 25.2 Å². The average molecular weight is 492 g/mol. The third-order valence-electron chi connectivity index (χ3n) is 9.19. The van der Waals surface area contributed by atoms with Crippen LogP contribution < -0.4 is 9.47 Å². The smallest absolute Gasteiger partial charge is 0.231 e. The fourth-order valence-corrected chi connectivity index (χ4v) is 11.0. The Kier molecular flexibility index (Phi) is 4.81. The van der Waals surface area contributed by atoms with E-state index in [4.69, 9.17) is 18.9 Å². The lowest BCUT2D eigenvalue weighted by molar-refractivity contribution is -0.133. The zero-order valence-electron chi connectivity index (χ0n) is 21.3. The third-order valence-corrected chi connectivity index (χ3v) is 11.9. The Labute approximate surface area is 208 Å². The first-order valence-electron chi connectivity index (χ1n) is 12.4. The predicted octanol–water partition coefficient (Wildman–Crippen LogP) is 4.06. The summed E-state index contributed by atoms with van der Waals surface area (Å²) in [6, 6.07) is 5.79. The van der Waals surface area contributed by atoms with Crippen LogP contribution in [0.3, 0.4) is 0 Å². The van der Waals surface area contributed by atoms with Gasteiger partial charge in [-0.1, -0.05) is 43.6 Å². The van der Waals surface area contributed by atoms with Crippen molar-refractivity contribution in [2.75, 3.05) is 34.6 Å². The van der Waals surface area contributed by atoms with Crippen molar-refractivity contribution in [1.29, 1.82) is 0 Å². The van der Waals surface area contributed by atoms with Gasteiger partial charge in [0.15, 0.2) is 22.8 Å². The van der Waals surface area contributed by atoms with E-state index in [9.17, 15) is 4.79 Å². The highest BCUT2D eigenvalue weighted by Gasteiger charge is 2.79. The molecule has 2 fully saturated rings. The summed E-state index contributed by atoms with van der Waals surface area (Å²) in [7, 11) is 3.73. The Morgan fingerprint density at radius 3 is 2.60 bits per heavy atom. The standard InChI is InChI=1S/C28H33NO5Si/c1-29-14-13-27-19-9-8-18(25(19)35(4,5)6)22(27)23(30)24(31-2)26(32-3)28(27,29)12-11-17-7-10-20-21(15-17)34-16-33-20/h7-10,15,18-19,22,25H,13-14,16H2,1-6H3/t18-,19-,22-,25-,27-,28-/m1/s1. The second kappa shape index (κ2) is 7.41. The molecule has 35 heavy (non-hydrogen) atoms. The van der Waals surface area contributed by atoms with Crippen molar-refractivity contribution in [2.45, 2.75) is 37.1 Å². The van der Waals surface area contributed by atoms with E-state index in [1.807, 2.05) is 18.2 Å². The molecule has 184 valence electrons. The van der Waals surface area contributed by atoms with Crippen molar-refractivity contribution in [2.24, 2.45) is 23.2 Å². The first-order chi connectivity index (χ1) is 16.7. The highest BCUT2D eigenvalue weighted by atomic mass is 28.3. The van der Waals surface area contributed by atoms with Crippen molar-refractivity contribution in [3.63, 3.8) is 0 Å². The highest BCUT2D eigenvalue weighted by Crippen LogP contribution is 2.75. The van der Waals surface area contributed by atoms with Gasteiger partial charge in [-0.25, -0.2) is 0 Å². The van der Waals surface area contributed by atoms with Crippen LogP contribution in [0, 0.1) is 35.0 Å². The van der Waals surface area contributed by atoms with E-state index in [0.29, 0.717) is 22.8 Å². The zero-order valence-corrected chi connectivity index (χ0v) is 22.3. The summed E-state index contributed by atoms with van der Waals surface area (Å²) in [4.78, 5) is 16.4. The van der Waals surface area contributed by atoms with Crippen LogP contribution in [0.15, 0.2) is 41.9 Å².